The Labute approximate surface area is 117 Å². The summed E-state index contributed by atoms with van der Waals surface area (Å²) < 4.78 is 1.61. The van der Waals surface area contributed by atoms with Crippen LogP contribution in [-0.4, -0.2) is 19.9 Å². The van der Waals surface area contributed by atoms with Crippen molar-refractivity contribution in [2.75, 3.05) is 0 Å². The average Bonchev–Trinajstić information content (AvgIpc) is 2.91. The first-order valence-corrected chi connectivity index (χ1v) is 6.37. The fourth-order valence-corrected chi connectivity index (χ4v) is 2.12. The summed E-state index contributed by atoms with van der Waals surface area (Å²) in [5.41, 5.74) is -0.320. The number of hydrogen-bond acceptors (Lipinski definition) is 3. The third kappa shape index (κ3) is 2.85. The molecule has 2 unspecified atom stereocenters. The summed E-state index contributed by atoms with van der Waals surface area (Å²) in [5.74, 6) is -0.141. The lowest BCUT2D eigenvalue weighted by molar-refractivity contribution is -0.0191. The maximum atomic E-state index is 11.0. The van der Waals surface area contributed by atoms with Gasteiger partial charge < -0.3 is 5.11 Å². The summed E-state index contributed by atoms with van der Waals surface area (Å²) in [6.45, 7) is 5.99. The highest BCUT2D eigenvalue weighted by atomic mass is 35.5. The predicted molar refractivity (Wildman–Crippen MR) is 74.7 cm³/mol. The van der Waals surface area contributed by atoms with E-state index in [0.29, 0.717) is 11.6 Å². The van der Waals surface area contributed by atoms with Crippen molar-refractivity contribution >= 4 is 11.6 Å². The molecule has 0 amide bonds. The third-order valence-corrected chi connectivity index (χ3v) is 3.57. The Morgan fingerprint density at radius 1 is 1.47 bits per heavy atom. The SMILES string of the molecule is C=CC(C)C(O)(Cn1cncn1)c1ccc(Cl)cc1. The van der Waals surface area contributed by atoms with Gasteiger partial charge in [0.1, 0.15) is 18.3 Å². The quantitative estimate of drug-likeness (QED) is 0.855. The van der Waals surface area contributed by atoms with Gasteiger partial charge in [-0.05, 0) is 17.7 Å². The monoisotopic (exact) mass is 277 g/mol. The maximum absolute atomic E-state index is 11.0. The minimum Gasteiger partial charge on any atom is -0.383 e. The second kappa shape index (κ2) is 5.55. The van der Waals surface area contributed by atoms with Crippen molar-refractivity contribution in [1.82, 2.24) is 14.8 Å². The lowest BCUT2D eigenvalue weighted by Crippen LogP contribution is -2.37. The molecule has 19 heavy (non-hydrogen) atoms. The van der Waals surface area contributed by atoms with Crippen LogP contribution < -0.4 is 0 Å². The van der Waals surface area contributed by atoms with E-state index in [1.54, 1.807) is 29.2 Å². The molecule has 0 saturated heterocycles. The molecular weight excluding hydrogens is 262 g/mol. The molecule has 1 aromatic heterocycles. The molecule has 100 valence electrons. The van der Waals surface area contributed by atoms with Crippen molar-refractivity contribution in [2.45, 2.75) is 19.1 Å². The third-order valence-electron chi connectivity index (χ3n) is 3.32. The molecule has 0 aliphatic carbocycles. The van der Waals surface area contributed by atoms with Crippen LogP contribution >= 0.6 is 11.6 Å². The second-order valence-corrected chi connectivity index (χ2v) is 4.99. The molecule has 0 aliphatic rings. The van der Waals surface area contributed by atoms with Gasteiger partial charge in [0.05, 0.1) is 6.54 Å². The summed E-state index contributed by atoms with van der Waals surface area (Å²) in [6.07, 6.45) is 4.75. The van der Waals surface area contributed by atoms with Gasteiger partial charge in [0, 0.05) is 10.9 Å². The van der Waals surface area contributed by atoms with Crippen LogP contribution in [0.1, 0.15) is 12.5 Å². The van der Waals surface area contributed by atoms with Crippen LogP contribution in [0.15, 0.2) is 49.6 Å². The molecule has 4 nitrogen and oxygen atoms in total. The van der Waals surface area contributed by atoms with Crippen molar-refractivity contribution in [3.8, 4) is 0 Å². The molecule has 0 saturated carbocycles. The van der Waals surface area contributed by atoms with Crippen LogP contribution in [0.5, 0.6) is 0 Å². The van der Waals surface area contributed by atoms with E-state index in [1.165, 1.54) is 6.33 Å². The molecule has 1 heterocycles. The highest BCUT2D eigenvalue weighted by Crippen LogP contribution is 2.32. The zero-order valence-electron chi connectivity index (χ0n) is 10.7. The van der Waals surface area contributed by atoms with Gasteiger partial charge in [0.25, 0.3) is 0 Å². The topological polar surface area (TPSA) is 50.9 Å². The summed E-state index contributed by atoms with van der Waals surface area (Å²) >= 11 is 5.89. The minimum atomic E-state index is -1.10. The van der Waals surface area contributed by atoms with E-state index in [0.717, 1.165) is 5.56 Å². The maximum Gasteiger partial charge on any atom is 0.137 e. The lowest BCUT2D eigenvalue weighted by atomic mass is 9.82. The first-order valence-electron chi connectivity index (χ1n) is 5.99. The summed E-state index contributed by atoms with van der Waals surface area (Å²) in [4.78, 5) is 3.89. The van der Waals surface area contributed by atoms with Gasteiger partial charge in [0.15, 0.2) is 0 Å². The minimum absolute atomic E-state index is 0.141. The molecule has 5 heteroatoms. The van der Waals surface area contributed by atoms with E-state index in [2.05, 4.69) is 16.7 Å². The Morgan fingerprint density at radius 2 is 2.16 bits per heavy atom. The Kier molecular flexibility index (Phi) is 4.02. The van der Waals surface area contributed by atoms with Gasteiger partial charge in [-0.2, -0.15) is 5.10 Å². The van der Waals surface area contributed by atoms with Crippen LogP contribution in [0.2, 0.25) is 5.02 Å². The van der Waals surface area contributed by atoms with Gasteiger partial charge in [-0.25, -0.2) is 9.67 Å². The molecule has 0 aliphatic heterocycles. The Balaban J connectivity index is 2.39. The average molecular weight is 278 g/mol. The second-order valence-electron chi connectivity index (χ2n) is 4.55. The standard InChI is InChI=1S/C14H16ClN3O/c1-3-11(2)14(19,8-18-10-16-9-17-18)12-4-6-13(15)7-5-12/h3-7,9-11,19H,1,8H2,2H3. The molecule has 0 radical (unpaired) electrons. The van der Waals surface area contributed by atoms with Gasteiger partial charge in [-0.1, -0.05) is 36.7 Å². The van der Waals surface area contributed by atoms with Crippen molar-refractivity contribution in [3.63, 3.8) is 0 Å². The van der Waals surface area contributed by atoms with E-state index >= 15 is 0 Å². The summed E-state index contributed by atoms with van der Waals surface area (Å²) in [6, 6.07) is 7.16. The Hall–Kier alpha value is -1.65. The molecule has 2 aromatic rings. The van der Waals surface area contributed by atoms with E-state index in [9.17, 15) is 5.11 Å². The lowest BCUT2D eigenvalue weighted by Gasteiger charge is -2.33. The van der Waals surface area contributed by atoms with E-state index < -0.39 is 5.60 Å². The fourth-order valence-electron chi connectivity index (χ4n) is 1.99. The van der Waals surface area contributed by atoms with Crippen LogP contribution in [-0.2, 0) is 12.1 Å². The normalized spacial score (nSPS) is 15.7. The van der Waals surface area contributed by atoms with Crippen LogP contribution in [0.3, 0.4) is 0 Å². The van der Waals surface area contributed by atoms with Gasteiger partial charge in [-0.15, -0.1) is 6.58 Å². The van der Waals surface area contributed by atoms with Crippen molar-refractivity contribution in [1.29, 1.82) is 0 Å². The van der Waals surface area contributed by atoms with Crippen molar-refractivity contribution in [3.05, 3.63) is 60.2 Å². The summed E-state index contributed by atoms with van der Waals surface area (Å²) in [7, 11) is 0. The largest absolute Gasteiger partial charge is 0.383 e. The van der Waals surface area contributed by atoms with Gasteiger partial charge >= 0.3 is 0 Å². The number of nitrogens with zero attached hydrogens (tertiary/aromatic N) is 3. The number of halogens is 1. The van der Waals surface area contributed by atoms with Crippen LogP contribution in [0.4, 0.5) is 0 Å². The summed E-state index contributed by atoms with van der Waals surface area (Å²) in [5, 5.41) is 15.7. The van der Waals surface area contributed by atoms with Gasteiger partial charge in [-0.3, -0.25) is 0 Å². The van der Waals surface area contributed by atoms with Crippen molar-refractivity contribution < 1.29 is 5.11 Å². The number of hydrogen-bond donors (Lipinski definition) is 1. The number of aromatic nitrogens is 3. The molecule has 0 bridgehead atoms. The highest BCUT2D eigenvalue weighted by molar-refractivity contribution is 6.30. The highest BCUT2D eigenvalue weighted by Gasteiger charge is 2.35. The molecular formula is C14H16ClN3O. The molecule has 0 spiro atoms. The molecule has 1 N–H and O–H groups in total. The number of aliphatic hydroxyl groups is 1. The zero-order chi connectivity index (χ0) is 13.9. The first kappa shape index (κ1) is 13.8. The van der Waals surface area contributed by atoms with Crippen LogP contribution in [0, 0.1) is 5.92 Å². The molecule has 1 aromatic carbocycles. The fraction of sp³-hybridized carbons (Fsp3) is 0.286. The zero-order valence-corrected chi connectivity index (χ0v) is 11.5. The first-order chi connectivity index (χ1) is 9.06. The number of benzene rings is 1. The van der Waals surface area contributed by atoms with Crippen molar-refractivity contribution in [2.24, 2.45) is 5.92 Å². The Morgan fingerprint density at radius 3 is 2.68 bits per heavy atom. The molecule has 0 fully saturated rings. The van der Waals surface area contributed by atoms with Gasteiger partial charge in [0.2, 0.25) is 0 Å². The molecule has 2 rings (SSSR count). The van der Waals surface area contributed by atoms with E-state index in [4.69, 9.17) is 11.6 Å². The number of rotatable bonds is 5. The smallest absolute Gasteiger partial charge is 0.137 e. The Bertz CT molecular complexity index is 538. The van der Waals surface area contributed by atoms with E-state index in [1.807, 2.05) is 19.1 Å². The molecule has 2 atom stereocenters. The predicted octanol–water partition coefficient (Wildman–Crippen LogP) is 2.64. The van der Waals surface area contributed by atoms with E-state index in [-0.39, 0.29) is 5.92 Å². The van der Waals surface area contributed by atoms with Crippen LogP contribution in [0.25, 0.3) is 0 Å².